The maximum Gasteiger partial charge on any atom is 0.335 e. The van der Waals surface area contributed by atoms with Gasteiger partial charge in [0.2, 0.25) is 0 Å². The normalized spacial score (nSPS) is 11.2. The molecule has 0 saturated heterocycles. The van der Waals surface area contributed by atoms with Gasteiger partial charge in [0.25, 0.3) is 0 Å². The highest BCUT2D eigenvalue weighted by molar-refractivity contribution is 5.93. The predicted molar refractivity (Wildman–Crippen MR) is 60.0 cm³/mol. The first-order valence-electron chi connectivity index (χ1n) is 4.78. The van der Waals surface area contributed by atoms with E-state index in [-0.39, 0.29) is 5.56 Å². The molecular weight excluding hydrogens is 206 g/mol. The molecule has 0 aliphatic rings. The fourth-order valence-electron chi connectivity index (χ4n) is 1.53. The van der Waals surface area contributed by atoms with Crippen molar-refractivity contribution in [3.8, 4) is 0 Å². The number of aromatic nitrogens is 2. The van der Waals surface area contributed by atoms with Gasteiger partial charge in [0.15, 0.2) is 0 Å². The molecule has 0 aliphatic carbocycles. The second kappa shape index (κ2) is 4.06. The predicted octanol–water partition coefficient (Wildman–Crippen LogP) is 1.21. The number of carboxylic acid groups (broad SMARTS) is 1. The molecule has 1 heterocycles. The van der Waals surface area contributed by atoms with Crippen molar-refractivity contribution in [1.29, 1.82) is 0 Å². The van der Waals surface area contributed by atoms with Crippen molar-refractivity contribution >= 4 is 16.9 Å². The van der Waals surface area contributed by atoms with Crippen LogP contribution in [-0.2, 0) is 6.54 Å². The lowest BCUT2D eigenvalue weighted by atomic mass is 10.1. The third kappa shape index (κ3) is 1.75. The second-order valence-corrected chi connectivity index (χ2v) is 3.33. The fraction of sp³-hybridized carbons (Fsp3) is 0.0909. The van der Waals surface area contributed by atoms with Crippen molar-refractivity contribution in [2.45, 2.75) is 6.54 Å². The van der Waals surface area contributed by atoms with E-state index in [1.165, 1.54) is 6.20 Å². The van der Waals surface area contributed by atoms with Crippen molar-refractivity contribution in [2.75, 3.05) is 0 Å². The highest BCUT2D eigenvalue weighted by atomic mass is 16.4. The third-order valence-electron chi connectivity index (χ3n) is 2.30. The van der Waals surface area contributed by atoms with Crippen LogP contribution in [-0.4, -0.2) is 20.9 Å². The second-order valence-electron chi connectivity index (χ2n) is 3.33. The van der Waals surface area contributed by atoms with Crippen LogP contribution in [0.3, 0.4) is 0 Å². The van der Waals surface area contributed by atoms with Crippen LogP contribution in [0.5, 0.6) is 0 Å². The first-order chi connectivity index (χ1) is 7.72. The van der Waals surface area contributed by atoms with Crippen molar-refractivity contribution in [2.24, 2.45) is 5.73 Å². The zero-order chi connectivity index (χ0) is 11.5. The number of fused-ring (bicyclic) bond motifs is 1. The Morgan fingerprint density at radius 1 is 1.56 bits per heavy atom. The first-order valence-corrected chi connectivity index (χ1v) is 4.78. The van der Waals surface area contributed by atoms with Crippen LogP contribution in [0.1, 0.15) is 10.4 Å². The van der Waals surface area contributed by atoms with Crippen LogP contribution >= 0.6 is 0 Å². The van der Waals surface area contributed by atoms with Gasteiger partial charge >= 0.3 is 5.97 Å². The molecule has 0 bridgehead atoms. The minimum absolute atomic E-state index is 0.265. The van der Waals surface area contributed by atoms with E-state index in [9.17, 15) is 4.79 Å². The lowest BCUT2D eigenvalue weighted by molar-refractivity contribution is 0.0697. The number of aromatic carboxylic acids is 1. The zero-order valence-corrected chi connectivity index (χ0v) is 8.50. The largest absolute Gasteiger partial charge is 0.478 e. The number of hydrogen-bond acceptors (Lipinski definition) is 3. The molecule has 2 rings (SSSR count). The van der Waals surface area contributed by atoms with Crippen molar-refractivity contribution in [3.63, 3.8) is 0 Å². The Morgan fingerprint density at radius 2 is 2.38 bits per heavy atom. The summed E-state index contributed by atoms with van der Waals surface area (Å²) in [6.07, 6.45) is 4.88. The molecule has 0 aliphatic heterocycles. The Labute approximate surface area is 91.8 Å². The van der Waals surface area contributed by atoms with E-state index < -0.39 is 5.97 Å². The average molecular weight is 217 g/mol. The molecule has 5 heteroatoms. The quantitative estimate of drug-likeness (QED) is 0.809. The number of nitrogens with zero attached hydrogens (tertiary/aromatic N) is 2. The summed E-state index contributed by atoms with van der Waals surface area (Å²) >= 11 is 0. The molecule has 2 aromatic rings. The number of allylic oxidation sites excluding steroid dienone is 1. The number of rotatable bonds is 3. The Hall–Kier alpha value is -2.30. The molecule has 0 radical (unpaired) electrons. The minimum Gasteiger partial charge on any atom is -0.478 e. The molecule has 82 valence electrons. The van der Waals surface area contributed by atoms with Gasteiger partial charge in [0.05, 0.1) is 23.8 Å². The summed E-state index contributed by atoms with van der Waals surface area (Å²) in [6, 6.07) is 4.92. The van der Waals surface area contributed by atoms with Crippen LogP contribution in [0, 0.1) is 0 Å². The van der Waals surface area contributed by atoms with Crippen molar-refractivity contribution < 1.29 is 9.90 Å². The van der Waals surface area contributed by atoms with Crippen LogP contribution in [0.15, 0.2) is 36.7 Å². The van der Waals surface area contributed by atoms with Crippen molar-refractivity contribution in [1.82, 2.24) is 9.78 Å². The fourth-order valence-corrected chi connectivity index (χ4v) is 1.53. The third-order valence-corrected chi connectivity index (χ3v) is 2.30. The molecule has 16 heavy (non-hydrogen) atoms. The molecule has 0 unspecified atom stereocenters. The van der Waals surface area contributed by atoms with E-state index >= 15 is 0 Å². The summed E-state index contributed by atoms with van der Waals surface area (Å²) in [4.78, 5) is 10.8. The highest BCUT2D eigenvalue weighted by Gasteiger charge is 2.06. The minimum atomic E-state index is -0.934. The number of carboxylic acids is 1. The molecule has 0 fully saturated rings. The van der Waals surface area contributed by atoms with Gasteiger partial charge in [-0.15, -0.1) is 0 Å². The lowest BCUT2D eigenvalue weighted by Crippen LogP contribution is -1.99. The monoisotopic (exact) mass is 217 g/mol. The van der Waals surface area contributed by atoms with Gasteiger partial charge in [-0.1, -0.05) is 0 Å². The molecule has 5 nitrogen and oxygen atoms in total. The Morgan fingerprint density at radius 3 is 3.06 bits per heavy atom. The Balaban J connectivity index is 2.46. The SMILES string of the molecule is NC=CCn1ncc2cc(C(=O)O)ccc21. The summed E-state index contributed by atoms with van der Waals surface area (Å²) in [7, 11) is 0. The summed E-state index contributed by atoms with van der Waals surface area (Å²) < 4.78 is 1.75. The molecule has 1 aromatic carbocycles. The summed E-state index contributed by atoms with van der Waals surface area (Å²) in [6.45, 7) is 0.576. The van der Waals surface area contributed by atoms with Gasteiger partial charge in [-0.3, -0.25) is 4.68 Å². The van der Waals surface area contributed by atoms with Crippen LogP contribution in [0.4, 0.5) is 0 Å². The summed E-state index contributed by atoms with van der Waals surface area (Å²) in [5.74, 6) is -0.934. The molecule has 0 amide bonds. The van der Waals surface area contributed by atoms with E-state index in [4.69, 9.17) is 10.8 Å². The Kier molecular flexibility index (Phi) is 2.59. The number of hydrogen-bond donors (Lipinski definition) is 2. The molecule has 1 aromatic heterocycles. The van der Waals surface area contributed by atoms with Crippen LogP contribution in [0.2, 0.25) is 0 Å². The number of nitrogens with two attached hydrogens (primary N) is 1. The number of carbonyl (C=O) groups is 1. The van der Waals surface area contributed by atoms with Crippen molar-refractivity contribution in [3.05, 3.63) is 42.2 Å². The molecule has 0 saturated carbocycles. The number of benzene rings is 1. The van der Waals surface area contributed by atoms with E-state index in [1.54, 1.807) is 35.2 Å². The van der Waals surface area contributed by atoms with E-state index in [0.717, 1.165) is 10.9 Å². The van der Waals surface area contributed by atoms with Crippen LogP contribution in [0.25, 0.3) is 10.9 Å². The summed E-state index contributed by atoms with van der Waals surface area (Å²) in [5, 5.41) is 13.8. The highest BCUT2D eigenvalue weighted by Crippen LogP contribution is 2.15. The van der Waals surface area contributed by atoms with E-state index in [2.05, 4.69) is 5.10 Å². The standard InChI is InChI=1S/C11H11N3O2/c12-4-1-5-14-10-3-2-8(11(15)16)6-9(10)7-13-14/h1-4,6-7H,5,12H2,(H,15,16). The van der Waals surface area contributed by atoms with Gasteiger partial charge in [-0.25, -0.2) is 4.79 Å². The maximum atomic E-state index is 10.8. The molecule has 0 atom stereocenters. The Bertz CT molecular complexity index is 557. The maximum absolute atomic E-state index is 10.8. The molecular formula is C11H11N3O2. The van der Waals surface area contributed by atoms with E-state index in [1.807, 2.05) is 0 Å². The first kappa shape index (κ1) is 10.2. The van der Waals surface area contributed by atoms with Gasteiger partial charge < -0.3 is 10.8 Å². The molecule has 0 spiro atoms. The van der Waals surface area contributed by atoms with E-state index in [0.29, 0.717) is 6.54 Å². The zero-order valence-electron chi connectivity index (χ0n) is 8.50. The van der Waals surface area contributed by atoms with Gasteiger partial charge in [0.1, 0.15) is 0 Å². The average Bonchev–Trinajstić information content (AvgIpc) is 2.68. The van der Waals surface area contributed by atoms with Gasteiger partial charge in [0, 0.05) is 5.39 Å². The van der Waals surface area contributed by atoms with Gasteiger partial charge in [-0.05, 0) is 30.5 Å². The lowest BCUT2D eigenvalue weighted by Gasteiger charge is -1.99. The van der Waals surface area contributed by atoms with Crippen LogP contribution < -0.4 is 5.73 Å². The topological polar surface area (TPSA) is 81.1 Å². The molecule has 3 N–H and O–H groups in total. The van der Waals surface area contributed by atoms with Gasteiger partial charge in [-0.2, -0.15) is 5.10 Å². The summed E-state index contributed by atoms with van der Waals surface area (Å²) in [5.41, 5.74) is 6.41. The smallest absolute Gasteiger partial charge is 0.335 e.